The van der Waals surface area contributed by atoms with Crippen LogP contribution >= 0.6 is 15.9 Å². The molecule has 0 radical (unpaired) electrons. The van der Waals surface area contributed by atoms with Crippen molar-refractivity contribution in [2.75, 3.05) is 18.5 Å². The Morgan fingerprint density at radius 3 is 2.78 bits per heavy atom. The van der Waals surface area contributed by atoms with Crippen LogP contribution < -0.4 is 5.32 Å². The van der Waals surface area contributed by atoms with Crippen LogP contribution in [0, 0.1) is 5.92 Å². The summed E-state index contributed by atoms with van der Waals surface area (Å²) < 4.78 is 6.25. The van der Waals surface area contributed by atoms with Crippen molar-refractivity contribution in [2.45, 2.75) is 39.2 Å². The van der Waals surface area contributed by atoms with E-state index in [9.17, 15) is 0 Å². The van der Waals surface area contributed by atoms with E-state index in [0.29, 0.717) is 17.9 Å². The molecule has 0 bridgehead atoms. The largest absolute Gasteiger partial charge is 0.381 e. The standard InChI is InChI=1S/C13H20BrN3O/c1-8(2)13-16-11(14)6-12(17-13)15-9(3)10-4-5-18-7-10/h6,8-10H,4-5,7H2,1-3H3,(H,15,16,17). The molecular formula is C13H20BrN3O. The lowest BCUT2D eigenvalue weighted by atomic mass is 10.0. The van der Waals surface area contributed by atoms with Gasteiger partial charge in [0.15, 0.2) is 0 Å². The summed E-state index contributed by atoms with van der Waals surface area (Å²) in [4.78, 5) is 8.93. The Hall–Kier alpha value is -0.680. The van der Waals surface area contributed by atoms with Gasteiger partial charge in [-0.05, 0) is 29.3 Å². The molecular weight excluding hydrogens is 294 g/mol. The number of ether oxygens (including phenoxy) is 1. The average Bonchev–Trinajstić information content (AvgIpc) is 2.81. The zero-order valence-electron chi connectivity index (χ0n) is 11.1. The number of nitrogens with zero attached hydrogens (tertiary/aromatic N) is 2. The second-order valence-electron chi connectivity index (χ2n) is 5.15. The zero-order valence-corrected chi connectivity index (χ0v) is 12.7. The van der Waals surface area contributed by atoms with Crippen molar-refractivity contribution in [1.29, 1.82) is 0 Å². The number of rotatable bonds is 4. The summed E-state index contributed by atoms with van der Waals surface area (Å²) in [5.41, 5.74) is 0. The molecule has 1 aliphatic heterocycles. The van der Waals surface area contributed by atoms with Crippen molar-refractivity contribution in [3.63, 3.8) is 0 Å². The number of halogens is 1. The molecule has 1 fully saturated rings. The Kier molecular flexibility index (Phi) is 4.56. The number of anilines is 1. The topological polar surface area (TPSA) is 47.0 Å². The van der Waals surface area contributed by atoms with Gasteiger partial charge in [0.2, 0.25) is 0 Å². The fourth-order valence-corrected chi connectivity index (χ4v) is 2.46. The molecule has 0 aromatic carbocycles. The maximum absolute atomic E-state index is 5.42. The quantitative estimate of drug-likeness (QED) is 0.867. The maximum atomic E-state index is 5.42. The molecule has 1 aromatic rings. The average molecular weight is 314 g/mol. The van der Waals surface area contributed by atoms with Crippen LogP contribution in [0.2, 0.25) is 0 Å². The third-order valence-corrected chi connectivity index (χ3v) is 3.68. The predicted molar refractivity (Wildman–Crippen MR) is 75.8 cm³/mol. The summed E-state index contributed by atoms with van der Waals surface area (Å²) in [5.74, 6) is 2.65. The lowest BCUT2D eigenvalue weighted by Gasteiger charge is -2.20. The Labute approximate surface area is 117 Å². The van der Waals surface area contributed by atoms with Gasteiger partial charge in [-0.15, -0.1) is 0 Å². The van der Waals surface area contributed by atoms with Gasteiger partial charge in [0.05, 0.1) is 6.61 Å². The van der Waals surface area contributed by atoms with Crippen molar-refractivity contribution in [1.82, 2.24) is 9.97 Å². The highest BCUT2D eigenvalue weighted by molar-refractivity contribution is 9.10. The van der Waals surface area contributed by atoms with E-state index in [0.717, 1.165) is 35.9 Å². The predicted octanol–water partition coefficient (Wildman–Crippen LogP) is 3.20. The molecule has 18 heavy (non-hydrogen) atoms. The first-order chi connectivity index (χ1) is 8.56. The third kappa shape index (κ3) is 3.42. The van der Waals surface area contributed by atoms with Gasteiger partial charge in [0.25, 0.3) is 0 Å². The van der Waals surface area contributed by atoms with Crippen LogP contribution in [0.3, 0.4) is 0 Å². The van der Waals surface area contributed by atoms with Crippen LogP contribution in [-0.4, -0.2) is 29.2 Å². The van der Waals surface area contributed by atoms with E-state index in [1.807, 2.05) is 6.07 Å². The van der Waals surface area contributed by atoms with E-state index >= 15 is 0 Å². The van der Waals surface area contributed by atoms with Crippen LogP contribution in [0.1, 0.15) is 38.9 Å². The molecule has 0 amide bonds. The van der Waals surface area contributed by atoms with Crippen LogP contribution in [-0.2, 0) is 4.74 Å². The first kappa shape index (κ1) is 13.7. The highest BCUT2D eigenvalue weighted by Crippen LogP contribution is 2.22. The first-order valence-electron chi connectivity index (χ1n) is 6.45. The number of aromatic nitrogens is 2. The minimum atomic E-state index is 0.327. The SMILES string of the molecule is CC(C)c1nc(Br)cc(NC(C)C2CCOC2)n1. The number of nitrogens with one attached hydrogen (secondary N) is 1. The molecule has 4 nitrogen and oxygen atoms in total. The molecule has 1 aliphatic rings. The van der Waals surface area contributed by atoms with Crippen LogP contribution in [0.5, 0.6) is 0 Å². The molecule has 2 heterocycles. The smallest absolute Gasteiger partial charge is 0.134 e. The van der Waals surface area contributed by atoms with Gasteiger partial charge in [-0.25, -0.2) is 9.97 Å². The zero-order chi connectivity index (χ0) is 13.1. The minimum Gasteiger partial charge on any atom is -0.381 e. The van der Waals surface area contributed by atoms with Crippen molar-refractivity contribution >= 4 is 21.7 Å². The number of hydrogen-bond acceptors (Lipinski definition) is 4. The van der Waals surface area contributed by atoms with E-state index in [4.69, 9.17) is 4.74 Å². The fourth-order valence-electron chi connectivity index (χ4n) is 2.07. The second kappa shape index (κ2) is 5.97. The van der Waals surface area contributed by atoms with E-state index in [1.165, 1.54) is 0 Å². The normalized spacial score (nSPS) is 21.3. The van der Waals surface area contributed by atoms with Gasteiger partial charge in [0.1, 0.15) is 16.2 Å². The Bertz CT molecular complexity index is 405. The lowest BCUT2D eigenvalue weighted by Crippen LogP contribution is -2.26. The molecule has 5 heteroatoms. The number of hydrogen-bond donors (Lipinski definition) is 1. The maximum Gasteiger partial charge on any atom is 0.134 e. The molecule has 100 valence electrons. The lowest BCUT2D eigenvalue weighted by molar-refractivity contribution is 0.183. The molecule has 1 saturated heterocycles. The summed E-state index contributed by atoms with van der Waals surface area (Å²) in [6.45, 7) is 8.10. The summed E-state index contributed by atoms with van der Waals surface area (Å²) in [5, 5.41) is 3.46. The van der Waals surface area contributed by atoms with Gasteiger partial charge in [0, 0.05) is 30.6 Å². The summed E-state index contributed by atoms with van der Waals surface area (Å²) in [7, 11) is 0. The molecule has 0 spiro atoms. The van der Waals surface area contributed by atoms with Gasteiger partial charge >= 0.3 is 0 Å². The molecule has 2 rings (SSSR count). The summed E-state index contributed by atoms with van der Waals surface area (Å²) >= 11 is 3.44. The van der Waals surface area contributed by atoms with Crippen molar-refractivity contribution in [3.05, 3.63) is 16.5 Å². The highest BCUT2D eigenvalue weighted by Gasteiger charge is 2.22. The fraction of sp³-hybridized carbons (Fsp3) is 0.692. The van der Waals surface area contributed by atoms with Crippen molar-refractivity contribution in [3.8, 4) is 0 Å². The first-order valence-corrected chi connectivity index (χ1v) is 7.24. The van der Waals surface area contributed by atoms with E-state index in [1.54, 1.807) is 0 Å². The van der Waals surface area contributed by atoms with Gasteiger partial charge in [-0.2, -0.15) is 0 Å². The van der Waals surface area contributed by atoms with Gasteiger partial charge in [-0.1, -0.05) is 13.8 Å². The molecule has 2 unspecified atom stereocenters. The van der Waals surface area contributed by atoms with Gasteiger partial charge in [-0.3, -0.25) is 0 Å². The second-order valence-corrected chi connectivity index (χ2v) is 5.96. The molecule has 0 saturated carbocycles. The van der Waals surface area contributed by atoms with Gasteiger partial charge < -0.3 is 10.1 Å². The monoisotopic (exact) mass is 313 g/mol. The Balaban J connectivity index is 2.08. The third-order valence-electron chi connectivity index (χ3n) is 3.28. The van der Waals surface area contributed by atoms with Crippen molar-refractivity contribution < 1.29 is 4.74 Å². The highest BCUT2D eigenvalue weighted by atomic mass is 79.9. The van der Waals surface area contributed by atoms with E-state index < -0.39 is 0 Å². The molecule has 2 atom stereocenters. The minimum absolute atomic E-state index is 0.327. The Morgan fingerprint density at radius 2 is 2.17 bits per heavy atom. The Morgan fingerprint density at radius 1 is 1.39 bits per heavy atom. The summed E-state index contributed by atoms with van der Waals surface area (Å²) in [6, 6.07) is 2.30. The molecule has 1 aromatic heterocycles. The van der Waals surface area contributed by atoms with Crippen LogP contribution in [0.15, 0.2) is 10.7 Å². The molecule has 0 aliphatic carbocycles. The molecule has 1 N–H and O–H groups in total. The van der Waals surface area contributed by atoms with Crippen molar-refractivity contribution in [2.24, 2.45) is 5.92 Å². The summed E-state index contributed by atoms with van der Waals surface area (Å²) in [6.07, 6.45) is 1.12. The van der Waals surface area contributed by atoms with E-state index in [-0.39, 0.29) is 0 Å². The van der Waals surface area contributed by atoms with Crippen LogP contribution in [0.25, 0.3) is 0 Å². The van der Waals surface area contributed by atoms with Crippen LogP contribution in [0.4, 0.5) is 5.82 Å². The van der Waals surface area contributed by atoms with E-state index in [2.05, 4.69) is 52.0 Å².